The van der Waals surface area contributed by atoms with Crippen LogP contribution in [0.4, 0.5) is 0 Å². The van der Waals surface area contributed by atoms with E-state index in [0.29, 0.717) is 0 Å². The molecule has 110 valence electrons. The minimum Gasteiger partial charge on any atom is -0.598 e. The molecule has 20 heavy (non-hydrogen) atoms. The molecule has 0 aliphatic rings. The zero-order valence-corrected chi connectivity index (χ0v) is 13.3. The van der Waals surface area contributed by atoms with Crippen LogP contribution in [0.25, 0.3) is 0 Å². The molecular formula is C11H13Cl3N2O3P+. The highest BCUT2D eigenvalue weighted by Crippen LogP contribution is 2.03. The first-order valence-electron chi connectivity index (χ1n) is 5.02. The largest absolute Gasteiger partial charge is 0.598 e. The molecule has 0 saturated carbocycles. The quantitative estimate of drug-likeness (QED) is 0.526. The molecule has 0 amide bonds. The van der Waals surface area contributed by atoms with Crippen molar-refractivity contribution in [2.75, 3.05) is 0 Å². The Balaban J connectivity index is 0. The minimum absolute atomic E-state index is 0.750. The van der Waals surface area contributed by atoms with E-state index < -0.39 is 12.6 Å². The number of pyridine rings is 2. The van der Waals surface area contributed by atoms with Crippen molar-refractivity contribution in [2.24, 2.45) is 0 Å². The molecule has 0 spiro atoms. The number of rotatable bonds is 0. The average molecular weight is 359 g/mol. The number of aromatic amines is 2. The van der Waals surface area contributed by atoms with Crippen LogP contribution in [0.5, 0.6) is 0 Å². The van der Waals surface area contributed by atoms with E-state index in [4.69, 9.17) is 49.2 Å². The molecule has 0 atom stereocenters. The number of H-pyrrole nitrogens is 2. The minimum atomic E-state index is -3.37. The Hall–Kier alpha value is -0.810. The SMILES string of the molecule is ClC(Cl)Cl.O=[P+]([O-])[O-].c1cc[nH+]cc1.c1cc[nH+]cc1. The van der Waals surface area contributed by atoms with Crippen molar-refractivity contribution in [2.45, 2.75) is 4.30 Å². The van der Waals surface area contributed by atoms with Crippen LogP contribution in [0, 0.1) is 0 Å². The van der Waals surface area contributed by atoms with Gasteiger partial charge in [-0.2, -0.15) is 0 Å². The van der Waals surface area contributed by atoms with Crippen molar-refractivity contribution in [1.29, 1.82) is 0 Å². The van der Waals surface area contributed by atoms with E-state index in [2.05, 4.69) is 9.97 Å². The van der Waals surface area contributed by atoms with Crippen molar-refractivity contribution >= 4 is 43.1 Å². The van der Waals surface area contributed by atoms with Crippen LogP contribution >= 0.6 is 43.1 Å². The summed E-state index contributed by atoms with van der Waals surface area (Å²) < 4.78 is 7.73. The molecule has 2 aromatic rings. The number of hydrogen-bond acceptors (Lipinski definition) is 3. The first kappa shape index (κ1) is 21.5. The van der Waals surface area contributed by atoms with Gasteiger partial charge in [0.25, 0.3) is 8.25 Å². The van der Waals surface area contributed by atoms with Gasteiger partial charge in [-0.1, -0.05) is 51.5 Å². The molecule has 5 nitrogen and oxygen atoms in total. The van der Waals surface area contributed by atoms with Crippen LogP contribution in [0.3, 0.4) is 0 Å². The lowest BCUT2D eigenvalue weighted by molar-refractivity contribution is -0.378. The average Bonchev–Trinajstić information content (AvgIpc) is 2.42. The van der Waals surface area contributed by atoms with E-state index in [0.717, 1.165) is 0 Å². The lowest BCUT2D eigenvalue weighted by Gasteiger charge is -1.75. The Morgan fingerprint density at radius 3 is 1.00 bits per heavy atom. The van der Waals surface area contributed by atoms with Crippen molar-refractivity contribution in [3.63, 3.8) is 0 Å². The third-order valence-corrected chi connectivity index (χ3v) is 1.21. The first-order valence-corrected chi connectivity index (χ1v) is 7.43. The summed E-state index contributed by atoms with van der Waals surface area (Å²) in [7, 11) is -3.37. The molecule has 0 radical (unpaired) electrons. The van der Waals surface area contributed by atoms with Gasteiger partial charge in [-0.05, 0) is 0 Å². The maximum absolute atomic E-state index is 8.48. The summed E-state index contributed by atoms with van der Waals surface area (Å²) >= 11 is 14.4. The summed E-state index contributed by atoms with van der Waals surface area (Å²) in [5.41, 5.74) is 0. The Kier molecular flexibility index (Phi) is 19.5. The lowest BCUT2D eigenvalue weighted by Crippen LogP contribution is -1.97. The molecule has 0 aliphatic carbocycles. The molecule has 2 heterocycles. The molecule has 0 bridgehead atoms. The van der Waals surface area contributed by atoms with Gasteiger partial charge in [0.2, 0.25) is 0 Å². The van der Waals surface area contributed by atoms with Crippen molar-refractivity contribution in [1.82, 2.24) is 0 Å². The van der Waals surface area contributed by atoms with Gasteiger partial charge in [0.05, 0.1) is 0 Å². The molecule has 0 unspecified atom stereocenters. The zero-order chi connectivity index (χ0) is 15.6. The number of nitrogens with one attached hydrogen (secondary N) is 2. The van der Waals surface area contributed by atoms with E-state index in [9.17, 15) is 0 Å². The summed E-state index contributed by atoms with van der Waals surface area (Å²) in [5, 5.41) is 0. The monoisotopic (exact) mass is 357 g/mol. The van der Waals surface area contributed by atoms with Crippen molar-refractivity contribution < 1.29 is 24.3 Å². The molecule has 2 N–H and O–H groups in total. The van der Waals surface area contributed by atoms with E-state index in [1.54, 1.807) is 0 Å². The molecule has 0 fully saturated rings. The van der Waals surface area contributed by atoms with Gasteiger partial charge in [0, 0.05) is 24.3 Å². The van der Waals surface area contributed by atoms with Gasteiger partial charge in [-0.3, -0.25) is 0 Å². The number of halogens is 3. The number of hydrogen-bond donors (Lipinski definition) is 0. The number of aromatic nitrogens is 2. The van der Waals surface area contributed by atoms with Gasteiger partial charge in [0.1, 0.15) is 0 Å². The highest BCUT2D eigenvalue weighted by atomic mass is 35.6. The van der Waals surface area contributed by atoms with Crippen LogP contribution in [0.15, 0.2) is 61.2 Å². The first-order chi connectivity index (χ1) is 9.46. The molecule has 9 heteroatoms. The Labute approximate surface area is 133 Å². The summed E-state index contributed by atoms with van der Waals surface area (Å²) in [6.07, 6.45) is 7.50. The van der Waals surface area contributed by atoms with Gasteiger partial charge < -0.3 is 9.79 Å². The Bertz CT molecular complexity index is 319. The maximum Gasteiger partial charge on any atom is 0.276 e. The smallest absolute Gasteiger partial charge is 0.276 e. The molecule has 0 aromatic carbocycles. The summed E-state index contributed by atoms with van der Waals surface area (Å²) in [6.45, 7) is 0. The second-order valence-corrected chi connectivity index (χ2v) is 5.05. The molecule has 0 saturated heterocycles. The van der Waals surface area contributed by atoms with Crippen molar-refractivity contribution in [3.05, 3.63) is 61.2 Å². The van der Waals surface area contributed by atoms with E-state index in [1.165, 1.54) is 0 Å². The van der Waals surface area contributed by atoms with E-state index in [-0.39, 0.29) is 0 Å². The highest BCUT2D eigenvalue weighted by Gasteiger charge is 1.78. The number of alkyl halides is 3. The maximum atomic E-state index is 8.48. The van der Waals surface area contributed by atoms with Gasteiger partial charge >= 0.3 is 0 Å². The van der Waals surface area contributed by atoms with Gasteiger partial charge in [-0.15, -0.1) is 0 Å². The summed E-state index contributed by atoms with van der Waals surface area (Å²) in [4.78, 5) is 22.7. The van der Waals surface area contributed by atoms with Crippen LogP contribution in [0.1, 0.15) is 0 Å². The standard InChI is InChI=1S/2C5H5N.CHCl3.HO3P/c2*1-2-4-6-5-3-1;2-1(3)4;1-4(2)3/h2*1-5H;1H;(H,1,2,3)/p+1. The topological polar surface area (TPSA) is 91.5 Å². The molecular weight excluding hydrogens is 345 g/mol. The molecule has 0 aliphatic heterocycles. The Morgan fingerprint density at radius 2 is 0.950 bits per heavy atom. The third kappa shape index (κ3) is 36.0. The van der Waals surface area contributed by atoms with Crippen LogP contribution in [-0.4, -0.2) is 4.30 Å². The van der Waals surface area contributed by atoms with Crippen LogP contribution < -0.4 is 19.8 Å². The van der Waals surface area contributed by atoms with Crippen LogP contribution in [-0.2, 0) is 4.57 Å². The Morgan fingerprint density at radius 1 is 0.750 bits per heavy atom. The molecule has 2 aromatic heterocycles. The lowest BCUT2D eigenvalue weighted by atomic mass is 10.5. The summed E-state index contributed by atoms with van der Waals surface area (Å²) in [5.74, 6) is 0. The third-order valence-electron chi connectivity index (χ3n) is 1.21. The fourth-order valence-electron chi connectivity index (χ4n) is 0.684. The van der Waals surface area contributed by atoms with Gasteiger partial charge in [0.15, 0.2) is 29.1 Å². The van der Waals surface area contributed by atoms with Crippen molar-refractivity contribution in [3.8, 4) is 0 Å². The predicted octanol–water partition coefficient (Wildman–Crippen LogP) is 1.35. The zero-order valence-electron chi connectivity index (χ0n) is 10.2. The van der Waals surface area contributed by atoms with Crippen LogP contribution in [0.2, 0.25) is 0 Å². The summed E-state index contributed by atoms with van der Waals surface area (Å²) in [6, 6.07) is 11.7. The fraction of sp³-hybridized carbons (Fsp3) is 0.0909. The normalized spacial score (nSPS) is 7.90. The predicted molar refractivity (Wildman–Crippen MR) is 74.9 cm³/mol. The van der Waals surface area contributed by atoms with E-state index >= 15 is 0 Å². The second-order valence-electron chi connectivity index (χ2n) is 2.63. The second kappa shape index (κ2) is 18.2. The molecule has 2 rings (SSSR count). The van der Waals surface area contributed by atoms with Gasteiger partial charge in [-0.25, -0.2) is 9.97 Å². The van der Waals surface area contributed by atoms with E-state index in [1.807, 2.05) is 61.2 Å². The highest BCUT2D eigenvalue weighted by molar-refractivity contribution is 7.27. The fourth-order valence-corrected chi connectivity index (χ4v) is 0.684.